The molecule has 0 aromatic rings. The Bertz CT molecular complexity index is 288. The SMILES string of the molecule is CCCCCCCCCCCCN1C=CN(CC)C1CCCC. The molecule has 0 spiro atoms. The zero-order chi connectivity index (χ0) is 16.8. The van der Waals surface area contributed by atoms with Crippen LogP contribution in [0.1, 0.15) is 104 Å². The first kappa shape index (κ1) is 20.4. The highest BCUT2D eigenvalue weighted by Gasteiger charge is 2.23. The standard InChI is InChI=1S/C21H42N2/c1-4-7-9-10-11-12-13-14-15-16-18-23-20-19-22(6-3)21(23)17-8-5-2/h19-21H,4-18H2,1-3H3. The summed E-state index contributed by atoms with van der Waals surface area (Å²) in [6.45, 7) is 9.25. The summed E-state index contributed by atoms with van der Waals surface area (Å²) in [6.07, 6.45) is 23.5. The zero-order valence-corrected chi connectivity index (χ0v) is 16.2. The second-order valence-electron chi connectivity index (χ2n) is 7.17. The van der Waals surface area contributed by atoms with E-state index in [2.05, 4.69) is 43.0 Å². The van der Waals surface area contributed by atoms with Gasteiger partial charge in [-0.2, -0.15) is 0 Å². The first-order valence-electron chi connectivity index (χ1n) is 10.5. The molecule has 23 heavy (non-hydrogen) atoms. The predicted octanol–water partition coefficient (Wildman–Crippen LogP) is 6.53. The molecule has 1 unspecified atom stereocenters. The van der Waals surface area contributed by atoms with E-state index in [1.807, 2.05) is 0 Å². The van der Waals surface area contributed by atoms with Crippen LogP contribution in [0.25, 0.3) is 0 Å². The molecule has 0 aromatic carbocycles. The van der Waals surface area contributed by atoms with E-state index >= 15 is 0 Å². The van der Waals surface area contributed by atoms with Gasteiger partial charge in [-0.3, -0.25) is 0 Å². The van der Waals surface area contributed by atoms with Gasteiger partial charge in [0.25, 0.3) is 0 Å². The fraction of sp³-hybridized carbons (Fsp3) is 0.905. The van der Waals surface area contributed by atoms with Crippen LogP contribution in [0, 0.1) is 0 Å². The summed E-state index contributed by atoms with van der Waals surface area (Å²) in [5.74, 6) is 0. The molecule has 136 valence electrons. The maximum atomic E-state index is 2.59. The van der Waals surface area contributed by atoms with Gasteiger partial charge in [0, 0.05) is 25.5 Å². The molecule has 1 atom stereocenters. The molecule has 2 heteroatoms. The van der Waals surface area contributed by atoms with Crippen molar-refractivity contribution in [1.29, 1.82) is 0 Å². The molecule has 1 rings (SSSR count). The molecule has 1 heterocycles. The molecule has 1 aliphatic heterocycles. The maximum Gasteiger partial charge on any atom is 0.101 e. The van der Waals surface area contributed by atoms with Crippen LogP contribution in [0.4, 0.5) is 0 Å². The predicted molar refractivity (Wildman–Crippen MR) is 103 cm³/mol. The molecular weight excluding hydrogens is 280 g/mol. The van der Waals surface area contributed by atoms with E-state index < -0.39 is 0 Å². The van der Waals surface area contributed by atoms with Crippen LogP contribution in [0.3, 0.4) is 0 Å². The van der Waals surface area contributed by atoms with Crippen LogP contribution in [0.5, 0.6) is 0 Å². The molecule has 0 saturated carbocycles. The quantitative estimate of drug-likeness (QED) is 0.316. The van der Waals surface area contributed by atoms with Crippen LogP contribution in [0.15, 0.2) is 12.4 Å². The third-order valence-electron chi connectivity index (χ3n) is 5.17. The second-order valence-corrected chi connectivity index (χ2v) is 7.17. The Kier molecular flexibility index (Phi) is 12.2. The topological polar surface area (TPSA) is 6.48 Å². The molecule has 0 N–H and O–H groups in total. The van der Waals surface area contributed by atoms with Gasteiger partial charge in [-0.1, -0.05) is 78.1 Å². The Morgan fingerprint density at radius 1 is 0.609 bits per heavy atom. The number of nitrogens with zero attached hydrogens (tertiary/aromatic N) is 2. The van der Waals surface area contributed by atoms with Gasteiger partial charge in [0.15, 0.2) is 0 Å². The van der Waals surface area contributed by atoms with E-state index in [0.717, 1.165) is 6.54 Å². The maximum absolute atomic E-state index is 2.59. The van der Waals surface area contributed by atoms with Gasteiger partial charge in [-0.15, -0.1) is 0 Å². The number of rotatable bonds is 15. The number of hydrogen-bond acceptors (Lipinski definition) is 2. The van der Waals surface area contributed by atoms with Crippen molar-refractivity contribution in [2.24, 2.45) is 0 Å². The van der Waals surface area contributed by atoms with Crippen molar-refractivity contribution in [3.8, 4) is 0 Å². The summed E-state index contributed by atoms with van der Waals surface area (Å²) in [6, 6.07) is 0. The molecular formula is C21H42N2. The van der Waals surface area contributed by atoms with Crippen molar-refractivity contribution < 1.29 is 0 Å². The minimum Gasteiger partial charge on any atom is -0.356 e. The van der Waals surface area contributed by atoms with Crippen molar-refractivity contribution in [1.82, 2.24) is 9.80 Å². The summed E-state index contributed by atoms with van der Waals surface area (Å²) < 4.78 is 0. The molecule has 0 fully saturated rings. The summed E-state index contributed by atoms with van der Waals surface area (Å²) in [7, 11) is 0. The zero-order valence-electron chi connectivity index (χ0n) is 16.2. The fourth-order valence-electron chi connectivity index (χ4n) is 3.60. The van der Waals surface area contributed by atoms with Crippen molar-refractivity contribution in [2.45, 2.75) is 110 Å². The van der Waals surface area contributed by atoms with Crippen molar-refractivity contribution in [3.05, 3.63) is 12.4 Å². The number of unbranched alkanes of at least 4 members (excludes halogenated alkanes) is 10. The largest absolute Gasteiger partial charge is 0.356 e. The van der Waals surface area contributed by atoms with Crippen molar-refractivity contribution in [2.75, 3.05) is 13.1 Å². The second kappa shape index (κ2) is 13.7. The summed E-state index contributed by atoms with van der Waals surface area (Å²) in [5.41, 5.74) is 0. The lowest BCUT2D eigenvalue weighted by molar-refractivity contribution is 0.143. The molecule has 0 amide bonds. The lowest BCUT2D eigenvalue weighted by Gasteiger charge is -2.32. The highest BCUT2D eigenvalue weighted by Crippen LogP contribution is 2.21. The third-order valence-corrected chi connectivity index (χ3v) is 5.17. The van der Waals surface area contributed by atoms with Crippen LogP contribution >= 0.6 is 0 Å². The van der Waals surface area contributed by atoms with Crippen molar-refractivity contribution in [3.63, 3.8) is 0 Å². The highest BCUT2D eigenvalue weighted by molar-refractivity contribution is 4.96. The van der Waals surface area contributed by atoms with E-state index in [-0.39, 0.29) is 0 Å². The molecule has 0 aliphatic carbocycles. The van der Waals surface area contributed by atoms with E-state index in [1.165, 1.54) is 90.0 Å². The minimum absolute atomic E-state index is 0.638. The van der Waals surface area contributed by atoms with E-state index in [4.69, 9.17) is 0 Å². The Morgan fingerprint density at radius 3 is 1.70 bits per heavy atom. The fourth-order valence-corrected chi connectivity index (χ4v) is 3.60. The van der Waals surface area contributed by atoms with Gasteiger partial charge in [-0.05, 0) is 26.2 Å². The average molecular weight is 323 g/mol. The Morgan fingerprint density at radius 2 is 1.13 bits per heavy atom. The lowest BCUT2D eigenvalue weighted by Crippen LogP contribution is -2.38. The van der Waals surface area contributed by atoms with E-state index in [9.17, 15) is 0 Å². The van der Waals surface area contributed by atoms with Crippen LogP contribution in [-0.4, -0.2) is 29.1 Å². The first-order valence-corrected chi connectivity index (χ1v) is 10.5. The summed E-state index contributed by atoms with van der Waals surface area (Å²) in [4.78, 5) is 5.09. The van der Waals surface area contributed by atoms with E-state index in [0.29, 0.717) is 6.17 Å². The molecule has 0 bridgehead atoms. The monoisotopic (exact) mass is 322 g/mol. The normalized spacial score (nSPS) is 17.4. The number of hydrogen-bond donors (Lipinski definition) is 0. The molecule has 0 radical (unpaired) electrons. The van der Waals surface area contributed by atoms with Gasteiger partial charge < -0.3 is 9.80 Å². The molecule has 2 nitrogen and oxygen atoms in total. The van der Waals surface area contributed by atoms with E-state index in [1.54, 1.807) is 0 Å². The first-order chi connectivity index (χ1) is 11.3. The van der Waals surface area contributed by atoms with Gasteiger partial charge in [0.2, 0.25) is 0 Å². The summed E-state index contributed by atoms with van der Waals surface area (Å²) >= 11 is 0. The van der Waals surface area contributed by atoms with Crippen LogP contribution in [-0.2, 0) is 0 Å². The van der Waals surface area contributed by atoms with Gasteiger partial charge >= 0.3 is 0 Å². The Hall–Kier alpha value is -0.660. The third kappa shape index (κ3) is 8.67. The smallest absolute Gasteiger partial charge is 0.101 e. The molecule has 0 aromatic heterocycles. The lowest BCUT2D eigenvalue weighted by atomic mass is 10.1. The van der Waals surface area contributed by atoms with Gasteiger partial charge in [0.05, 0.1) is 0 Å². The molecule has 1 aliphatic rings. The Labute approximate surface area is 146 Å². The minimum atomic E-state index is 0.638. The Balaban J connectivity index is 2.02. The highest BCUT2D eigenvalue weighted by atomic mass is 15.4. The van der Waals surface area contributed by atoms with Crippen LogP contribution < -0.4 is 0 Å². The van der Waals surface area contributed by atoms with Crippen molar-refractivity contribution >= 4 is 0 Å². The van der Waals surface area contributed by atoms with Gasteiger partial charge in [0.1, 0.15) is 6.17 Å². The summed E-state index contributed by atoms with van der Waals surface area (Å²) in [5, 5.41) is 0. The average Bonchev–Trinajstić information content (AvgIpc) is 2.96. The van der Waals surface area contributed by atoms with Crippen LogP contribution in [0.2, 0.25) is 0 Å². The molecule has 0 saturated heterocycles. The van der Waals surface area contributed by atoms with Gasteiger partial charge in [-0.25, -0.2) is 0 Å².